The van der Waals surface area contributed by atoms with Crippen molar-refractivity contribution in [2.24, 2.45) is 0 Å². The normalized spacial score (nSPS) is 13.8. The molecule has 0 radical (unpaired) electrons. The summed E-state index contributed by atoms with van der Waals surface area (Å²) in [6, 6.07) is 7.00. The third-order valence-electron chi connectivity index (χ3n) is 6.51. The minimum absolute atomic E-state index is 0.181. The van der Waals surface area contributed by atoms with E-state index in [9.17, 15) is 17.6 Å². The van der Waals surface area contributed by atoms with Crippen LogP contribution in [0.25, 0.3) is 32.9 Å². The molecule has 0 bridgehead atoms. The van der Waals surface area contributed by atoms with Crippen LogP contribution in [0.4, 0.5) is 19.3 Å². The predicted octanol–water partition coefficient (Wildman–Crippen LogP) is 6.34. The van der Waals surface area contributed by atoms with E-state index in [0.717, 1.165) is 48.9 Å². The van der Waals surface area contributed by atoms with E-state index < -0.39 is 27.8 Å². The van der Waals surface area contributed by atoms with Gasteiger partial charge in [0.05, 0.1) is 34.7 Å². The molecule has 0 unspecified atom stereocenters. The largest absolute Gasteiger partial charge is 0.448 e. The number of rotatable bonds is 9. The molecule has 2 heterocycles. The standard InChI is InChI=1S/C27H28F2N4O4S/c1-3-5-12-37-27(34)33-26-23(25(31-33)16-6-7-16)19-9-8-17(14-18(19)15-30-26)22-20(28)10-11-21(24(22)29)32-38(35,36)13-4-2/h8-11,14-16,32H,3-7,12-13H2,1-2H3. The van der Waals surface area contributed by atoms with Gasteiger partial charge in [-0.2, -0.15) is 5.10 Å². The molecule has 1 fully saturated rings. The first-order valence-corrected chi connectivity index (χ1v) is 14.4. The summed E-state index contributed by atoms with van der Waals surface area (Å²) >= 11 is 0. The molecule has 0 saturated heterocycles. The summed E-state index contributed by atoms with van der Waals surface area (Å²) < 4.78 is 63.4. The van der Waals surface area contributed by atoms with E-state index in [1.165, 1.54) is 10.9 Å². The van der Waals surface area contributed by atoms with Crippen molar-refractivity contribution in [1.29, 1.82) is 0 Å². The lowest BCUT2D eigenvalue weighted by molar-refractivity contribution is 0.143. The number of carbonyl (C=O) groups is 1. The van der Waals surface area contributed by atoms with Gasteiger partial charge in [-0.15, -0.1) is 4.68 Å². The summed E-state index contributed by atoms with van der Waals surface area (Å²) in [5.41, 5.74) is 0.689. The van der Waals surface area contributed by atoms with E-state index in [2.05, 4.69) is 14.8 Å². The molecule has 0 atom stereocenters. The Morgan fingerprint density at radius 3 is 2.66 bits per heavy atom. The van der Waals surface area contributed by atoms with Gasteiger partial charge >= 0.3 is 6.09 Å². The smallest absolute Gasteiger partial charge is 0.436 e. The molecular weight excluding hydrogens is 514 g/mol. The fourth-order valence-electron chi connectivity index (χ4n) is 4.50. The second-order valence-electron chi connectivity index (χ2n) is 9.50. The van der Waals surface area contributed by atoms with Crippen molar-refractivity contribution in [2.75, 3.05) is 17.1 Å². The molecule has 0 aliphatic heterocycles. The van der Waals surface area contributed by atoms with Crippen molar-refractivity contribution in [1.82, 2.24) is 14.8 Å². The zero-order valence-electron chi connectivity index (χ0n) is 21.1. The van der Waals surface area contributed by atoms with Crippen molar-refractivity contribution < 1.29 is 26.7 Å². The molecule has 38 heavy (non-hydrogen) atoms. The molecule has 5 rings (SSSR count). The summed E-state index contributed by atoms with van der Waals surface area (Å²) in [6.45, 7) is 3.99. The molecule has 11 heteroatoms. The Balaban J connectivity index is 1.59. The van der Waals surface area contributed by atoms with Crippen molar-refractivity contribution >= 4 is 43.6 Å². The van der Waals surface area contributed by atoms with Gasteiger partial charge in [-0.05, 0) is 54.8 Å². The third kappa shape index (κ3) is 4.94. The van der Waals surface area contributed by atoms with E-state index in [-0.39, 0.29) is 35.1 Å². The maximum atomic E-state index is 15.4. The van der Waals surface area contributed by atoms with Crippen LogP contribution in [-0.4, -0.2) is 41.6 Å². The second-order valence-corrected chi connectivity index (χ2v) is 11.3. The van der Waals surface area contributed by atoms with E-state index in [0.29, 0.717) is 22.8 Å². The Morgan fingerprint density at radius 1 is 1.16 bits per heavy atom. The SMILES string of the molecule is CCCCOC(=O)n1nc(C2CC2)c2c3ccc(-c4c(F)ccc(NS(=O)(=O)CCC)c4F)cc3cnc21. The van der Waals surface area contributed by atoms with E-state index in [4.69, 9.17) is 4.74 Å². The van der Waals surface area contributed by atoms with Gasteiger partial charge in [0.2, 0.25) is 10.0 Å². The zero-order chi connectivity index (χ0) is 27.0. The van der Waals surface area contributed by atoms with Gasteiger partial charge in [-0.25, -0.2) is 27.0 Å². The number of nitrogens with one attached hydrogen (secondary N) is 1. The topological polar surface area (TPSA) is 103 Å². The van der Waals surface area contributed by atoms with Crippen LogP contribution in [0, 0.1) is 11.6 Å². The third-order valence-corrected chi connectivity index (χ3v) is 7.99. The number of hydrogen-bond acceptors (Lipinski definition) is 6. The number of carbonyl (C=O) groups excluding carboxylic acids is 1. The highest BCUT2D eigenvalue weighted by atomic mass is 32.2. The molecule has 1 aliphatic carbocycles. The predicted molar refractivity (Wildman–Crippen MR) is 142 cm³/mol. The second kappa shape index (κ2) is 10.3. The first-order chi connectivity index (χ1) is 18.2. The molecule has 4 aromatic rings. The maximum absolute atomic E-state index is 15.4. The lowest BCUT2D eigenvalue weighted by Gasteiger charge is -2.13. The first-order valence-electron chi connectivity index (χ1n) is 12.7. The molecule has 0 amide bonds. The van der Waals surface area contributed by atoms with Crippen LogP contribution in [-0.2, 0) is 14.8 Å². The monoisotopic (exact) mass is 542 g/mol. The van der Waals surface area contributed by atoms with Gasteiger partial charge < -0.3 is 4.74 Å². The highest BCUT2D eigenvalue weighted by molar-refractivity contribution is 7.92. The summed E-state index contributed by atoms with van der Waals surface area (Å²) in [4.78, 5) is 17.2. The van der Waals surface area contributed by atoms with Crippen LogP contribution < -0.4 is 4.72 Å². The number of sulfonamides is 1. The number of unbranched alkanes of at least 4 members (excludes halogenated alkanes) is 1. The Bertz CT molecular complexity index is 1650. The van der Waals surface area contributed by atoms with E-state index in [1.54, 1.807) is 25.1 Å². The molecule has 1 N–H and O–H groups in total. The van der Waals surface area contributed by atoms with Crippen LogP contribution in [0.15, 0.2) is 36.5 Å². The molecular formula is C27H28F2N4O4S. The summed E-state index contributed by atoms with van der Waals surface area (Å²) in [6.07, 6.45) is 4.82. The molecule has 8 nitrogen and oxygen atoms in total. The van der Waals surface area contributed by atoms with Crippen molar-refractivity contribution in [2.45, 2.75) is 51.9 Å². The van der Waals surface area contributed by atoms with Gasteiger partial charge in [0.15, 0.2) is 11.5 Å². The zero-order valence-corrected chi connectivity index (χ0v) is 21.9. The quantitative estimate of drug-likeness (QED) is 0.248. The van der Waals surface area contributed by atoms with Gasteiger partial charge in [0.1, 0.15) is 5.82 Å². The highest BCUT2D eigenvalue weighted by Gasteiger charge is 2.32. The number of hydrogen-bond donors (Lipinski definition) is 1. The summed E-state index contributed by atoms with van der Waals surface area (Å²) in [5, 5.41) is 6.61. The average molecular weight is 543 g/mol. The lowest BCUT2D eigenvalue weighted by atomic mass is 9.98. The molecule has 0 spiro atoms. The van der Waals surface area contributed by atoms with Crippen LogP contribution in [0.5, 0.6) is 0 Å². The number of anilines is 1. The first kappa shape index (κ1) is 26.0. The van der Waals surface area contributed by atoms with Gasteiger partial charge in [-0.1, -0.05) is 32.4 Å². The fourth-order valence-corrected chi connectivity index (χ4v) is 5.64. The minimum Gasteiger partial charge on any atom is -0.448 e. The van der Waals surface area contributed by atoms with Crippen molar-refractivity contribution in [3.63, 3.8) is 0 Å². The van der Waals surface area contributed by atoms with E-state index in [1.807, 2.05) is 6.92 Å². The van der Waals surface area contributed by atoms with Gasteiger partial charge in [0, 0.05) is 17.5 Å². The van der Waals surface area contributed by atoms with Gasteiger partial charge in [-0.3, -0.25) is 4.72 Å². The molecule has 1 saturated carbocycles. The average Bonchev–Trinajstić information content (AvgIpc) is 3.65. The number of pyridine rings is 1. The van der Waals surface area contributed by atoms with Crippen molar-refractivity contribution in [3.05, 3.63) is 53.9 Å². The van der Waals surface area contributed by atoms with Gasteiger partial charge in [0.25, 0.3) is 0 Å². The lowest BCUT2D eigenvalue weighted by Crippen LogP contribution is -2.17. The molecule has 1 aliphatic rings. The Hall–Kier alpha value is -3.60. The highest BCUT2D eigenvalue weighted by Crippen LogP contribution is 2.44. The van der Waals surface area contributed by atoms with Crippen molar-refractivity contribution in [3.8, 4) is 11.1 Å². The number of halogens is 2. The van der Waals surface area contributed by atoms with Crippen LogP contribution in [0.3, 0.4) is 0 Å². The summed E-state index contributed by atoms with van der Waals surface area (Å²) in [5.74, 6) is -1.80. The van der Waals surface area contributed by atoms with E-state index >= 15 is 4.39 Å². The Labute approximate surface area is 219 Å². The number of nitrogens with zero attached hydrogens (tertiary/aromatic N) is 3. The van der Waals surface area contributed by atoms with Crippen LogP contribution in [0.2, 0.25) is 0 Å². The Morgan fingerprint density at radius 2 is 1.95 bits per heavy atom. The number of aromatic nitrogens is 3. The fraction of sp³-hybridized carbons (Fsp3) is 0.370. The van der Waals surface area contributed by atoms with Crippen LogP contribution >= 0.6 is 0 Å². The number of benzene rings is 2. The number of ether oxygens (including phenoxy) is 1. The molecule has 2 aromatic carbocycles. The Kier molecular flexibility index (Phi) is 7.04. The molecule has 2 aromatic heterocycles. The summed E-state index contributed by atoms with van der Waals surface area (Å²) in [7, 11) is -3.77. The van der Waals surface area contributed by atoms with Crippen LogP contribution in [0.1, 0.15) is 57.6 Å². The number of fused-ring (bicyclic) bond motifs is 3. The minimum atomic E-state index is -3.77. The maximum Gasteiger partial charge on any atom is 0.436 e. The molecule has 200 valence electrons.